The summed E-state index contributed by atoms with van der Waals surface area (Å²) < 4.78 is 5.77. The van der Waals surface area contributed by atoms with Crippen LogP contribution in [-0.4, -0.2) is 17.6 Å². The first kappa shape index (κ1) is 13.9. The van der Waals surface area contributed by atoms with Crippen molar-refractivity contribution < 1.29 is 9.94 Å². The van der Waals surface area contributed by atoms with Crippen molar-refractivity contribution in [1.82, 2.24) is 0 Å². The maximum atomic E-state index is 8.58. The molecular formula is C15H22N2O2. The van der Waals surface area contributed by atoms with Crippen molar-refractivity contribution in [2.75, 3.05) is 6.61 Å². The maximum absolute atomic E-state index is 8.58. The molecule has 0 bridgehead atoms. The average Bonchev–Trinajstić information content (AvgIpc) is 2.48. The van der Waals surface area contributed by atoms with Crippen LogP contribution in [0.1, 0.15) is 43.2 Å². The van der Waals surface area contributed by atoms with Crippen molar-refractivity contribution in [3.8, 4) is 0 Å². The summed E-state index contributed by atoms with van der Waals surface area (Å²) in [5.74, 6) is 0.875. The standard InChI is InChI=1S/C15H22N2O2/c16-15(17-18)14-8-6-13(7-9-14)11-19-10-12-4-2-1-3-5-12/h6-9,12,18H,1-5,10-11H2,(H2,16,17). The zero-order valence-electron chi connectivity index (χ0n) is 11.2. The second-order valence-electron chi connectivity index (χ2n) is 5.20. The highest BCUT2D eigenvalue weighted by Crippen LogP contribution is 2.23. The molecular weight excluding hydrogens is 240 g/mol. The number of rotatable bonds is 5. The number of oxime groups is 1. The molecule has 0 unspecified atom stereocenters. The fraction of sp³-hybridized carbons (Fsp3) is 0.533. The normalized spacial score (nSPS) is 17.6. The fourth-order valence-corrected chi connectivity index (χ4v) is 2.53. The molecule has 1 fully saturated rings. The Morgan fingerprint density at radius 3 is 2.53 bits per heavy atom. The highest BCUT2D eigenvalue weighted by atomic mass is 16.5. The second kappa shape index (κ2) is 7.14. The molecule has 1 saturated carbocycles. The topological polar surface area (TPSA) is 67.8 Å². The fourth-order valence-electron chi connectivity index (χ4n) is 2.53. The summed E-state index contributed by atoms with van der Waals surface area (Å²) in [7, 11) is 0. The van der Waals surface area contributed by atoms with Gasteiger partial charge in [-0.25, -0.2) is 0 Å². The van der Waals surface area contributed by atoms with Crippen molar-refractivity contribution in [3.63, 3.8) is 0 Å². The SMILES string of the molecule is NC(=NO)c1ccc(COCC2CCCCC2)cc1. The number of amidine groups is 1. The Kier molecular flexibility index (Phi) is 5.21. The number of nitrogens with two attached hydrogens (primary N) is 1. The van der Waals surface area contributed by atoms with Crippen LogP contribution in [0.25, 0.3) is 0 Å². The predicted molar refractivity (Wildman–Crippen MR) is 75.2 cm³/mol. The lowest BCUT2D eigenvalue weighted by atomic mass is 9.90. The molecule has 0 aliphatic heterocycles. The molecule has 19 heavy (non-hydrogen) atoms. The van der Waals surface area contributed by atoms with Crippen LogP contribution in [0.15, 0.2) is 29.4 Å². The molecule has 0 radical (unpaired) electrons. The smallest absolute Gasteiger partial charge is 0.170 e. The van der Waals surface area contributed by atoms with E-state index in [9.17, 15) is 0 Å². The second-order valence-corrected chi connectivity index (χ2v) is 5.20. The minimum Gasteiger partial charge on any atom is -0.409 e. The molecule has 3 N–H and O–H groups in total. The molecule has 1 aliphatic carbocycles. The summed E-state index contributed by atoms with van der Waals surface area (Å²) in [5.41, 5.74) is 7.35. The molecule has 0 aromatic heterocycles. The third-order valence-electron chi connectivity index (χ3n) is 3.70. The van der Waals surface area contributed by atoms with Gasteiger partial charge in [-0.15, -0.1) is 0 Å². The Balaban J connectivity index is 1.76. The van der Waals surface area contributed by atoms with Crippen molar-refractivity contribution in [3.05, 3.63) is 35.4 Å². The van der Waals surface area contributed by atoms with Gasteiger partial charge in [-0.2, -0.15) is 0 Å². The Hall–Kier alpha value is -1.55. The van der Waals surface area contributed by atoms with Crippen molar-refractivity contribution >= 4 is 5.84 Å². The quantitative estimate of drug-likeness (QED) is 0.371. The molecule has 4 nitrogen and oxygen atoms in total. The van der Waals surface area contributed by atoms with E-state index in [0.717, 1.165) is 23.7 Å². The van der Waals surface area contributed by atoms with Crippen LogP contribution in [-0.2, 0) is 11.3 Å². The minimum atomic E-state index is 0.134. The summed E-state index contributed by atoms with van der Waals surface area (Å²) in [6, 6.07) is 7.59. The first-order chi connectivity index (χ1) is 9.29. The molecule has 0 atom stereocenters. The molecule has 1 aliphatic rings. The number of ether oxygens (including phenoxy) is 1. The monoisotopic (exact) mass is 262 g/mol. The lowest BCUT2D eigenvalue weighted by Gasteiger charge is -2.21. The van der Waals surface area contributed by atoms with Gasteiger partial charge in [-0.1, -0.05) is 48.7 Å². The molecule has 1 aromatic rings. The van der Waals surface area contributed by atoms with Crippen molar-refractivity contribution in [2.45, 2.75) is 38.7 Å². The summed E-state index contributed by atoms with van der Waals surface area (Å²) in [6.07, 6.45) is 6.70. The van der Waals surface area contributed by atoms with E-state index in [1.807, 2.05) is 24.3 Å². The third kappa shape index (κ3) is 4.24. The Labute approximate surface area is 114 Å². The van der Waals surface area contributed by atoms with E-state index in [-0.39, 0.29) is 5.84 Å². The van der Waals surface area contributed by atoms with E-state index in [0.29, 0.717) is 6.61 Å². The highest BCUT2D eigenvalue weighted by Gasteiger charge is 2.13. The third-order valence-corrected chi connectivity index (χ3v) is 3.70. The van der Waals surface area contributed by atoms with Crippen LogP contribution in [0, 0.1) is 5.92 Å². The van der Waals surface area contributed by atoms with Crippen LogP contribution >= 0.6 is 0 Å². The Bertz CT molecular complexity index is 409. The Morgan fingerprint density at radius 2 is 1.89 bits per heavy atom. The predicted octanol–water partition coefficient (Wildman–Crippen LogP) is 2.88. The summed E-state index contributed by atoms with van der Waals surface area (Å²) in [4.78, 5) is 0. The zero-order valence-corrected chi connectivity index (χ0v) is 11.2. The molecule has 0 spiro atoms. The van der Waals surface area contributed by atoms with Gasteiger partial charge in [0.25, 0.3) is 0 Å². The van der Waals surface area contributed by atoms with Crippen LogP contribution in [0.3, 0.4) is 0 Å². The molecule has 0 amide bonds. The van der Waals surface area contributed by atoms with Gasteiger partial charge in [0, 0.05) is 12.2 Å². The number of hydrogen-bond acceptors (Lipinski definition) is 3. The van der Waals surface area contributed by atoms with Crippen LogP contribution < -0.4 is 5.73 Å². The maximum Gasteiger partial charge on any atom is 0.170 e. The van der Waals surface area contributed by atoms with E-state index >= 15 is 0 Å². The van der Waals surface area contributed by atoms with E-state index in [4.69, 9.17) is 15.7 Å². The van der Waals surface area contributed by atoms with Crippen LogP contribution in [0.4, 0.5) is 0 Å². The Morgan fingerprint density at radius 1 is 1.21 bits per heavy atom. The van der Waals surface area contributed by atoms with Crippen LogP contribution in [0.5, 0.6) is 0 Å². The summed E-state index contributed by atoms with van der Waals surface area (Å²) in [5, 5.41) is 11.6. The molecule has 104 valence electrons. The van der Waals surface area contributed by atoms with E-state index in [2.05, 4.69) is 5.16 Å². The number of nitrogens with zero attached hydrogens (tertiary/aromatic N) is 1. The van der Waals surface area contributed by atoms with Crippen LogP contribution in [0.2, 0.25) is 0 Å². The van der Waals surface area contributed by atoms with E-state index in [1.54, 1.807) is 0 Å². The lowest BCUT2D eigenvalue weighted by Crippen LogP contribution is -2.14. The number of hydrogen-bond donors (Lipinski definition) is 2. The highest BCUT2D eigenvalue weighted by molar-refractivity contribution is 5.96. The van der Waals surface area contributed by atoms with Gasteiger partial charge in [0.1, 0.15) is 0 Å². The first-order valence-corrected chi connectivity index (χ1v) is 6.94. The van der Waals surface area contributed by atoms with Gasteiger partial charge in [-0.05, 0) is 24.3 Å². The zero-order chi connectivity index (χ0) is 13.5. The molecule has 0 saturated heterocycles. The minimum absolute atomic E-state index is 0.134. The molecule has 1 aromatic carbocycles. The van der Waals surface area contributed by atoms with Crippen molar-refractivity contribution in [2.24, 2.45) is 16.8 Å². The molecule has 2 rings (SSSR count). The summed E-state index contributed by atoms with van der Waals surface area (Å²) >= 11 is 0. The average molecular weight is 262 g/mol. The van der Waals surface area contributed by atoms with Gasteiger partial charge in [-0.3, -0.25) is 0 Å². The molecule has 4 heteroatoms. The van der Waals surface area contributed by atoms with Gasteiger partial charge < -0.3 is 15.7 Å². The van der Waals surface area contributed by atoms with Crippen molar-refractivity contribution in [1.29, 1.82) is 0 Å². The summed E-state index contributed by atoms with van der Waals surface area (Å²) in [6.45, 7) is 1.49. The van der Waals surface area contributed by atoms with Gasteiger partial charge in [0.15, 0.2) is 5.84 Å². The lowest BCUT2D eigenvalue weighted by molar-refractivity contribution is 0.0739. The van der Waals surface area contributed by atoms with E-state index in [1.165, 1.54) is 32.1 Å². The first-order valence-electron chi connectivity index (χ1n) is 6.94. The van der Waals surface area contributed by atoms with Gasteiger partial charge in [0.2, 0.25) is 0 Å². The van der Waals surface area contributed by atoms with Gasteiger partial charge in [0.05, 0.1) is 6.61 Å². The van der Waals surface area contributed by atoms with Gasteiger partial charge >= 0.3 is 0 Å². The molecule has 0 heterocycles. The van der Waals surface area contributed by atoms with E-state index < -0.39 is 0 Å². The largest absolute Gasteiger partial charge is 0.409 e. The number of benzene rings is 1.